The molecule has 2 aromatic carbocycles. The maximum atomic E-state index is 12.5. The van der Waals surface area contributed by atoms with E-state index in [4.69, 9.17) is 0 Å². The molecular weight excluding hydrogens is 262 g/mol. The van der Waals surface area contributed by atoms with Crippen LogP contribution in [0.3, 0.4) is 0 Å². The number of hydrogen-bond acceptors (Lipinski definition) is 3. The second-order valence-corrected chi connectivity index (χ2v) is 4.81. The van der Waals surface area contributed by atoms with Gasteiger partial charge in [-0.1, -0.05) is 42.5 Å². The van der Waals surface area contributed by atoms with Gasteiger partial charge in [0.2, 0.25) is 0 Å². The van der Waals surface area contributed by atoms with Gasteiger partial charge in [-0.3, -0.25) is 4.79 Å². The van der Waals surface area contributed by atoms with Crippen LogP contribution in [0.15, 0.2) is 54.6 Å². The molecule has 102 valence electrons. The van der Waals surface area contributed by atoms with Crippen LogP contribution in [0.4, 0.5) is 0 Å². The van der Waals surface area contributed by atoms with Crippen LogP contribution in [0, 0.1) is 11.3 Å². The Balaban J connectivity index is 2.09. The van der Waals surface area contributed by atoms with E-state index in [2.05, 4.69) is 11.1 Å². The van der Waals surface area contributed by atoms with Crippen LogP contribution >= 0.6 is 0 Å². The first-order valence-electron chi connectivity index (χ1n) is 6.62. The van der Waals surface area contributed by atoms with Crippen molar-refractivity contribution in [2.45, 2.75) is 5.92 Å². The first-order chi connectivity index (χ1) is 10.2. The molecule has 4 heteroatoms. The molecule has 0 saturated carbocycles. The Bertz CT molecular complexity index is 843. The number of nitriles is 1. The predicted octanol–water partition coefficient (Wildman–Crippen LogP) is 3.06. The van der Waals surface area contributed by atoms with Crippen LogP contribution in [0.1, 0.15) is 22.1 Å². The summed E-state index contributed by atoms with van der Waals surface area (Å²) in [6, 6.07) is 18.5. The minimum absolute atomic E-state index is 0.225. The van der Waals surface area contributed by atoms with Gasteiger partial charge in [-0.2, -0.15) is 5.26 Å². The van der Waals surface area contributed by atoms with Crippen molar-refractivity contribution in [3.05, 3.63) is 66.0 Å². The van der Waals surface area contributed by atoms with Gasteiger partial charge in [0, 0.05) is 12.6 Å². The number of carbonyl (C=O) groups excluding carboxylic acids is 1. The Morgan fingerprint density at radius 1 is 1.14 bits per heavy atom. The molecule has 1 aromatic heterocycles. The second-order valence-electron chi connectivity index (χ2n) is 4.81. The van der Waals surface area contributed by atoms with Gasteiger partial charge >= 0.3 is 0 Å². The van der Waals surface area contributed by atoms with Crippen molar-refractivity contribution in [3.8, 4) is 6.07 Å². The monoisotopic (exact) mass is 275 g/mol. The van der Waals surface area contributed by atoms with Crippen molar-refractivity contribution >= 4 is 16.8 Å². The molecule has 0 fully saturated rings. The summed E-state index contributed by atoms with van der Waals surface area (Å²) >= 11 is 0. The molecule has 0 bridgehead atoms. The van der Waals surface area contributed by atoms with Gasteiger partial charge in [0.15, 0.2) is 11.7 Å². The summed E-state index contributed by atoms with van der Waals surface area (Å²) in [5.41, 5.74) is 2.22. The number of hydrogen-bond donors (Lipinski definition) is 0. The van der Waals surface area contributed by atoms with Crippen molar-refractivity contribution in [3.63, 3.8) is 0 Å². The zero-order valence-corrected chi connectivity index (χ0v) is 11.5. The van der Waals surface area contributed by atoms with E-state index in [0.717, 1.165) is 11.0 Å². The summed E-state index contributed by atoms with van der Waals surface area (Å²) in [4.78, 5) is 17.0. The van der Waals surface area contributed by atoms with E-state index in [1.807, 2.05) is 41.9 Å². The largest absolute Gasteiger partial charge is 0.330 e. The highest BCUT2D eigenvalue weighted by Crippen LogP contribution is 2.23. The number of benzene rings is 2. The molecule has 21 heavy (non-hydrogen) atoms. The van der Waals surface area contributed by atoms with Gasteiger partial charge < -0.3 is 4.57 Å². The Hall–Kier alpha value is -2.93. The zero-order valence-electron chi connectivity index (χ0n) is 11.5. The van der Waals surface area contributed by atoms with Crippen molar-refractivity contribution in [2.24, 2.45) is 7.05 Å². The number of fused-ring (bicyclic) bond motifs is 1. The average molecular weight is 275 g/mol. The zero-order chi connectivity index (χ0) is 14.8. The number of ketones is 1. The van der Waals surface area contributed by atoms with Gasteiger partial charge in [0.1, 0.15) is 5.82 Å². The highest BCUT2D eigenvalue weighted by Gasteiger charge is 2.26. The molecule has 4 nitrogen and oxygen atoms in total. The summed E-state index contributed by atoms with van der Waals surface area (Å²) < 4.78 is 1.81. The fourth-order valence-electron chi connectivity index (χ4n) is 2.43. The molecule has 0 radical (unpaired) electrons. The number of carbonyl (C=O) groups is 1. The predicted molar refractivity (Wildman–Crippen MR) is 79.8 cm³/mol. The summed E-state index contributed by atoms with van der Waals surface area (Å²) in [6.45, 7) is 0. The smallest absolute Gasteiger partial charge is 0.187 e. The lowest BCUT2D eigenvalue weighted by atomic mass is 9.98. The van der Waals surface area contributed by atoms with E-state index in [9.17, 15) is 10.1 Å². The Labute approximate surface area is 122 Å². The highest BCUT2D eigenvalue weighted by molar-refractivity contribution is 6.02. The topological polar surface area (TPSA) is 58.7 Å². The third kappa shape index (κ3) is 2.19. The average Bonchev–Trinajstić information content (AvgIpc) is 2.86. The van der Waals surface area contributed by atoms with E-state index in [1.54, 1.807) is 24.3 Å². The third-order valence-corrected chi connectivity index (χ3v) is 3.53. The number of para-hydroxylation sites is 2. The van der Waals surface area contributed by atoms with Gasteiger partial charge in [-0.25, -0.2) is 4.98 Å². The number of imidazole rings is 1. The molecule has 0 N–H and O–H groups in total. The minimum Gasteiger partial charge on any atom is -0.330 e. The molecule has 1 heterocycles. The van der Waals surface area contributed by atoms with E-state index in [-0.39, 0.29) is 5.78 Å². The standard InChI is InChI=1S/C17H13N3O/c1-20-15-10-6-5-9-14(15)19-17(20)13(11-18)16(21)12-7-3-2-4-8-12/h2-10,13H,1H3/t13-/m1/s1. The van der Waals surface area contributed by atoms with Crippen LogP contribution in [0.25, 0.3) is 11.0 Å². The van der Waals surface area contributed by atoms with Gasteiger partial charge in [0.25, 0.3) is 0 Å². The molecule has 0 aliphatic rings. The minimum atomic E-state index is -0.898. The Morgan fingerprint density at radius 3 is 2.48 bits per heavy atom. The van der Waals surface area contributed by atoms with Crippen LogP contribution in [-0.2, 0) is 7.05 Å². The van der Waals surface area contributed by atoms with E-state index in [1.165, 1.54) is 0 Å². The van der Waals surface area contributed by atoms with Crippen molar-refractivity contribution < 1.29 is 4.79 Å². The molecule has 0 amide bonds. The van der Waals surface area contributed by atoms with E-state index >= 15 is 0 Å². The normalized spacial score (nSPS) is 12.0. The molecule has 3 aromatic rings. The van der Waals surface area contributed by atoms with Gasteiger partial charge in [-0.15, -0.1) is 0 Å². The maximum absolute atomic E-state index is 12.5. The number of rotatable bonds is 3. The van der Waals surface area contributed by atoms with E-state index < -0.39 is 5.92 Å². The summed E-state index contributed by atoms with van der Waals surface area (Å²) in [7, 11) is 1.83. The summed E-state index contributed by atoms with van der Waals surface area (Å²) in [5.74, 6) is -0.645. The molecule has 0 unspecified atom stereocenters. The number of nitrogens with zero attached hydrogens (tertiary/aromatic N) is 3. The maximum Gasteiger partial charge on any atom is 0.187 e. The lowest BCUT2D eigenvalue weighted by Gasteiger charge is -2.08. The quantitative estimate of drug-likeness (QED) is 0.690. The molecule has 3 rings (SSSR count). The summed E-state index contributed by atoms with van der Waals surface area (Å²) in [6.07, 6.45) is 0. The first-order valence-corrected chi connectivity index (χ1v) is 6.62. The van der Waals surface area contributed by atoms with Gasteiger partial charge in [-0.05, 0) is 12.1 Å². The van der Waals surface area contributed by atoms with Crippen molar-refractivity contribution in [2.75, 3.05) is 0 Å². The molecule has 0 spiro atoms. The molecule has 0 aliphatic carbocycles. The Morgan fingerprint density at radius 2 is 1.81 bits per heavy atom. The first kappa shape index (κ1) is 13.1. The van der Waals surface area contributed by atoms with Gasteiger partial charge in [0.05, 0.1) is 17.1 Å². The third-order valence-electron chi connectivity index (χ3n) is 3.53. The van der Waals surface area contributed by atoms with Crippen LogP contribution < -0.4 is 0 Å². The Kier molecular flexibility index (Phi) is 3.25. The highest BCUT2D eigenvalue weighted by atomic mass is 16.1. The van der Waals surface area contributed by atoms with Crippen LogP contribution in [-0.4, -0.2) is 15.3 Å². The number of aryl methyl sites for hydroxylation is 1. The molecule has 0 aliphatic heterocycles. The van der Waals surface area contributed by atoms with Crippen molar-refractivity contribution in [1.82, 2.24) is 9.55 Å². The number of Topliss-reactive ketones (excluding diaryl/α,β-unsaturated/α-hetero) is 1. The van der Waals surface area contributed by atoms with Crippen molar-refractivity contribution in [1.29, 1.82) is 5.26 Å². The molecular formula is C17H13N3O. The fourth-order valence-corrected chi connectivity index (χ4v) is 2.43. The number of aromatic nitrogens is 2. The lowest BCUT2D eigenvalue weighted by molar-refractivity contribution is 0.0975. The second kappa shape index (κ2) is 5.22. The SMILES string of the molecule is Cn1c([C@H](C#N)C(=O)c2ccccc2)nc2ccccc21. The van der Waals surface area contributed by atoms with Crippen LogP contribution in [0.2, 0.25) is 0 Å². The molecule has 0 saturated heterocycles. The fraction of sp³-hybridized carbons (Fsp3) is 0.118. The van der Waals surface area contributed by atoms with E-state index in [0.29, 0.717) is 11.4 Å². The molecule has 1 atom stereocenters. The summed E-state index contributed by atoms with van der Waals surface area (Å²) in [5, 5.41) is 9.44. The lowest BCUT2D eigenvalue weighted by Crippen LogP contribution is -2.15. The van der Waals surface area contributed by atoms with Crippen LogP contribution in [0.5, 0.6) is 0 Å².